The van der Waals surface area contributed by atoms with E-state index in [0.717, 1.165) is 0 Å². The molecule has 0 saturated carbocycles. The van der Waals surface area contributed by atoms with Crippen molar-refractivity contribution < 1.29 is 39.2 Å². The number of rotatable bonds is 3. The molecule has 22 heavy (non-hydrogen) atoms. The Balaban J connectivity index is 2.28. The van der Waals surface area contributed by atoms with E-state index in [1.54, 1.807) is 4.98 Å². The number of ether oxygens (including phenoxy) is 1. The van der Waals surface area contributed by atoms with Crippen LogP contribution in [0.25, 0.3) is 0 Å². The SMILES string of the molecule is O=C(O)[C@H]1OC(On2cc(F)c(=O)[nH]c2=O)[C@H](O)[C@@H](O)[C@@H]1O. The molecule has 0 amide bonds. The quantitative estimate of drug-likeness (QED) is 0.372. The van der Waals surface area contributed by atoms with Gasteiger partial charge in [0.15, 0.2) is 6.10 Å². The minimum Gasteiger partial charge on any atom is -0.479 e. The molecule has 1 aromatic heterocycles. The molecule has 0 spiro atoms. The number of aromatic nitrogens is 2. The van der Waals surface area contributed by atoms with E-state index in [0.29, 0.717) is 6.20 Å². The predicted molar refractivity (Wildman–Crippen MR) is 62.2 cm³/mol. The Hall–Kier alpha value is -2.28. The maximum atomic E-state index is 13.1. The van der Waals surface area contributed by atoms with E-state index in [9.17, 15) is 34.1 Å². The first-order valence-corrected chi connectivity index (χ1v) is 5.83. The second-order valence-corrected chi connectivity index (χ2v) is 4.40. The molecule has 12 heteroatoms. The number of halogens is 1. The summed E-state index contributed by atoms with van der Waals surface area (Å²) in [5, 5.41) is 37.5. The first-order valence-electron chi connectivity index (χ1n) is 5.83. The average molecular weight is 322 g/mol. The van der Waals surface area contributed by atoms with E-state index in [1.807, 2.05) is 0 Å². The van der Waals surface area contributed by atoms with Gasteiger partial charge in [0.25, 0.3) is 11.8 Å². The molecule has 11 nitrogen and oxygen atoms in total. The summed E-state index contributed by atoms with van der Waals surface area (Å²) >= 11 is 0. The van der Waals surface area contributed by atoms with Crippen LogP contribution in [0.4, 0.5) is 4.39 Å². The summed E-state index contributed by atoms with van der Waals surface area (Å²) in [6.07, 6.45) is -9.37. The van der Waals surface area contributed by atoms with Crippen molar-refractivity contribution in [1.29, 1.82) is 0 Å². The summed E-state index contributed by atoms with van der Waals surface area (Å²) in [6, 6.07) is 0. The highest BCUT2D eigenvalue weighted by atomic mass is 19.1. The maximum absolute atomic E-state index is 13.1. The largest absolute Gasteiger partial charge is 0.479 e. The number of nitrogens with zero attached hydrogens (tertiary/aromatic N) is 1. The van der Waals surface area contributed by atoms with E-state index >= 15 is 0 Å². The molecule has 1 saturated heterocycles. The zero-order chi connectivity index (χ0) is 16.6. The summed E-state index contributed by atoms with van der Waals surface area (Å²) < 4.78 is 17.9. The lowest BCUT2D eigenvalue weighted by molar-refractivity contribution is -0.294. The number of aliphatic hydroxyl groups excluding tert-OH is 3. The Morgan fingerprint density at radius 3 is 2.50 bits per heavy atom. The number of hydrogen-bond donors (Lipinski definition) is 5. The lowest BCUT2D eigenvalue weighted by atomic mass is 9.99. The van der Waals surface area contributed by atoms with Crippen LogP contribution in [0, 0.1) is 5.82 Å². The fourth-order valence-corrected chi connectivity index (χ4v) is 1.76. The molecule has 0 bridgehead atoms. The van der Waals surface area contributed by atoms with E-state index in [1.165, 1.54) is 0 Å². The molecule has 5 N–H and O–H groups in total. The number of aliphatic hydroxyl groups is 3. The number of carbonyl (C=O) groups is 1. The van der Waals surface area contributed by atoms with Crippen LogP contribution in [0.1, 0.15) is 0 Å². The fourth-order valence-electron chi connectivity index (χ4n) is 1.76. The Kier molecular flexibility index (Phi) is 4.27. The van der Waals surface area contributed by atoms with E-state index < -0.39 is 53.7 Å². The smallest absolute Gasteiger partial charge is 0.361 e. The molecule has 0 aromatic carbocycles. The van der Waals surface area contributed by atoms with E-state index in [-0.39, 0.29) is 4.73 Å². The number of aliphatic carboxylic acids is 1. The first kappa shape index (κ1) is 16.1. The van der Waals surface area contributed by atoms with Gasteiger partial charge in [0.1, 0.15) is 18.3 Å². The van der Waals surface area contributed by atoms with Crippen LogP contribution in [-0.4, -0.2) is 66.8 Å². The molecule has 2 heterocycles. The van der Waals surface area contributed by atoms with Crippen LogP contribution < -0.4 is 16.1 Å². The molecule has 1 aliphatic heterocycles. The summed E-state index contributed by atoms with van der Waals surface area (Å²) in [4.78, 5) is 39.4. The van der Waals surface area contributed by atoms with Crippen molar-refractivity contribution >= 4 is 5.97 Å². The Morgan fingerprint density at radius 1 is 1.27 bits per heavy atom. The number of nitrogens with one attached hydrogen (secondary N) is 1. The standard InChI is InChI=1S/C10H11FN2O9/c11-2-1-13(10(20)12-7(2)17)22-9-5(16)3(14)4(15)6(21-9)8(18)19/h1,3-6,9,14-16H,(H,18,19)(H,12,17,20)/t3-,4-,5+,6-,9?/m0/s1. The van der Waals surface area contributed by atoms with Crippen LogP contribution in [0.5, 0.6) is 0 Å². The lowest BCUT2D eigenvalue weighted by Crippen LogP contribution is -2.62. The number of hydrogen-bond acceptors (Lipinski definition) is 8. The van der Waals surface area contributed by atoms with Gasteiger partial charge in [-0.2, -0.15) is 4.39 Å². The van der Waals surface area contributed by atoms with E-state index in [2.05, 4.69) is 0 Å². The van der Waals surface area contributed by atoms with Gasteiger partial charge in [-0.1, -0.05) is 0 Å². The van der Waals surface area contributed by atoms with Crippen molar-refractivity contribution in [3.05, 3.63) is 32.9 Å². The van der Waals surface area contributed by atoms with E-state index in [4.69, 9.17) is 14.7 Å². The van der Waals surface area contributed by atoms with Crippen molar-refractivity contribution in [3.8, 4) is 0 Å². The zero-order valence-corrected chi connectivity index (χ0v) is 10.6. The monoisotopic (exact) mass is 322 g/mol. The topological polar surface area (TPSA) is 171 Å². The number of H-pyrrole nitrogens is 1. The van der Waals surface area contributed by atoms with Crippen LogP contribution in [0.3, 0.4) is 0 Å². The minimum atomic E-state index is -1.96. The molecule has 1 unspecified atom stereocenters. The Bertz CT molecular complexity index is 686. The fraction of sp³-hybridized carbons (Fsp3) is 0.500. The highest BCUT2D eigenvalue weighted by Crippen LogP contribution is 2.20. The number of carboxylic acid groups (broad SMARTS) is 1. The molecule has 122 valence electrons. The molecule has 2 rings (SSSR count). The summed E-state index contributed by atoms with van der Waals surface area (Å²) in [5.74, 6) is -3.05. The second kappa shape index (κ2) is 5.84. The van der Waals surface area contributed by atoms with Crippen molar-refractivity contribution in [2.75, 3.05) is 0 Å². The van der Waals surface area contributed by atoms with Gasteiger partial charge in [-0.05, 0) is 0 Å². The third kappa shape index (κ3) is 2.85. The van der Waals surface area contributed by atoms with Crippen molar-refractivity contribution in [2.45, 2.75) is 30.7 Å². The third-order valence-corrected chi connectivity index (χ3v) is 2.90. The van der Waals surface area contributed by atoms with Crippen LogP contribution in [0.2, 0.25) is 0 Å². The minimum absolute atomic E-state index is 0.147. The normalized spacial score (nSPS) is 31.7. The molecular formula is C10H11FN2O9. The van der Waals surface area contributed by atoms with Gasteiger partial charge in [0.05, 0.1) is 6.20 Å². The summed E-state index contributed by atoms with van der Waals surface area (Å²) in [6.45, 7) is 0. The molecule has 1 aliphatic rings. The molecule has 1 fully saturated rings. The van der Waals surface area contributed by atoms with Gasteiger partial charge < -0.3 is 30.0 Å². The summed E-state index contributed by atoms with van der Waals surface area (Å²) in [5.41, 5.74) is -2.54. The van der Waals surface area contributed by atoms with Crippen molar-refractivity contribution in [1.82, 2.24) is 9.71 Å². The molecular weight excluding hydrogens is 311 g/mol. The maximum Gasteiger partial charge on any atom is 0.361 e. The highest BCUT2D eigenvalue weighted by molar-refractivity contribution is 5.73. The Labute approximate surface area is 119 Å². The van der Waals surface area contributed by atoms with Gasteiger partial charge in [-0.25, -0.2) is 9.59 Å². The van der Waals surface area contributed by atoms with Gasteiger partial charge in [-0.15, -0.1) is 4.73 Å². The van der Waals surface area contributed by atoms with Crippen LogP contribution in [0.15, 0.2) is 15.8 Å². The lowest BCUT2D eigenvalue weighted by Gasteiger charge is -2.37. The van der Waals surface area contributed by atoms with Gasteiger partial charge in [0, 0.05) is 0 Å². The molecule has 0 aliphatic carbocycles. The highest BCUT2D eigenvalue weighted by Gasteiger charge is 2.48. The van der Waals surface area contributed by atoms with Crippen molar-refractivity contribution in [2.24, 2.45) is 0 Å². The first-order chi connectivity index (χ1) is 10.2. The predicted octanol–water partition coefficient (Wildman–Crippen LogP) is -4.00. The number of aromatic amines is 1. The zero-order valence-electron chi connectivity index (χ0n) is 10.6. The molecule has 5 atom stereocenters. The van der Waals surface area contributed by atoms with Crippen LogP contribution >= 0.6 is 0 Å². The van der Waals surface area contributed by atoms with Crippen LogP contribution in [-0.2, 0) is 9.53 Å². The average Bonchev–Trinajstić information content (AvgIpc) is 2.44. The van der Waals surface area contributed by atoms with Gasteiger partial charge in [-0.3, -0.25) is 9.78 Å². The summed E-state index contributed by atoms with van der Waals surface area (Å²) in [7, 11) is 0. The molecule has 0 radical (unpaired) electrons. The second-order valence-electron chi connectivity index (χ2n) is 4.40. The third-order valence-electron chi connectivity index (χ3n) is 2.90. The molecule has 1 aromatic rings. The number of carboxylic acids is 1. The van der Waals surface area contributed by atoms with Gasteiger partial charge >= 0.3 is 11.7 Å². The Morgan fingerprint density at radius 2 is 1.91 bits per heavy atom. The van der Waals surface area contributed by atoms with Crippen molar-refractivity contribution in [3.63, 3.8) is 0 Å². The van der Waals surface area contributed by atoms with Gasteiger partial charge in [0.2, 0.25) is 5.82 Å².